The third-order valence-electron chi connectivity index (χ3n) is 6.54. The van der Waals surface area contributed by atoms with Crippen LogP contribution in [0, 0.1) is 5.21 Å². The molecule has 0 aromatic heterocycles. The zero-order valence-corrected chi connectivity index (χ0v) is 18.5. The van der Waals surface area contributed by atoms with Crippen LogP contribution < -0.4 is 0 Å². The average molecular weight is 415 g/mol. The van der Waals surface area contributed by atoms with E-state index in [0.717, 1.165) is 24.0 Å². The average Bonchev–Trinajstić information content (AvgIpc) is 2.82. The quantitative estimate of drug-likeness (QED) is 0.426. The third-order valence-corrected chi connectivity index (χ3v) is 6.54. The smallest absolute Gasteiger partial charge is 0.101 e. The summed E-state index contributed by atoms with van der Waals surface area (Å²) >= 11 is 0. The van der Waals surface area contributed by atoms with Crippen LogP contribution in [0.2, 0.25) is 0 Å². The Morgan fingerprint density at radius 3 is 2.16 bits per heavy atom. The second-order valence-electron chi connectivity index (χ2n) is 8.50. The molecule has 3 atom stereocenters. The largest absolute Gasteiger partial charge is 0.784 e. The summed E-state index contributed by atoms with van der Waals surface area (Å²) in [5.74, 6) is 0.574. The van der Waals surface area contributed by atoms with E-state index in [2.05, 4.69) is 38.1 Å². The topological polar surface area (TPSA) is 35.5 Å². The number of rotatable bonds is 7. The molecule has 1 heterocycles. The Bertz CT molecular complexity index is 939. The first-order chi connectivity index (χ1) is 15.2. The summed E-state index contributed by atoms with van der Waals surface area (Å²) < 4.78 is 6.36. The van der Waals surface area contributed by atoms with Crippen molar-refractivity contribution in [3.63, 3.8) is 0 Å². The lowest BCUT2D eigenvalue weighted by molar-refractivity contribution is -0.0888. The SMILES string of the molecule is CCC(CC)c1cccc(CC2COC(c3ccccc3)C(c3ccccc3)N2[O-])c1. The summed E-state index contributed by atoms with van der Waals surface area (Å²) in [4.78, 5) is 0. The van der Waals surface area contributed by atoms with Gasteiger partial charge in [-0.1, -0.05) is 98.8 Å². The summed E-state index contributed by atoms with van der Waals surface area (Å²) in [6.07, 6.45) is 2.69. The van der Waals surface area contributed by atoms with E-state index >= 15 is 0 Å². The Kier molecular flexibility index (Phi) is 7.18. The maximum absolute atomic E-state index is 13.7. The third kappa shape index (κ3) is 4.90. The fourth-order valence-electron chi connectivity index (χ4n) is 4.79. The van der Waals surface area contributed by atoms with Crippen LogP contribution in [0.5, 0.6) is 0 Å². The lowest BCUT2D eigenvalue weighted by Gasteiger charge is -2.51. The van der Waals surface area contributed by atoms with Gasteiger partial charge in [0.25, 0.3) is 0 Å². The van der Waals surface area contributed by atoms with E-state index in [1.165, 1.54) is 16.2 Å². The van der Waals surface area contributed by atoms with Crippen molar-refractivity contribution in [2.45, 2.75) is 57.2 Å². The molecule has 162 valence electrons. The summed E-state index contributed by atoms with van der Waals surface area (Å²) in [6, 6.07) is 28.3. The van der Waals surface area contributed by atoms with E-state index in [1.54, 1.807) is 0 Å². The summed E-state index contributed by atoms with van der Waals surface area (Å²) in [5.41, 5.74) is 4.63. The van der Waals surface area contributed by atoms with Crippen LogP contribution in [0.1, 0.15) is 67.0 Å². The molecule has 1 aliphatic rings. The molecule has 4 rings (SSSR count). The zero-order valence-electron chi connectivity index (χ0n) is 18.5. The van der Waals surface area contributed by atoms with Crippen molar-refractivity contribution in [2.75, 3.05) is 6.61 Å². The van der Waals surface area contributed by atoms with Crippen molar-refractivity contribution in [1.82, 2.24) is 5.06 Å². The Hall–Kier alpha value is -2.46. The molecular formula is C28H32NO2-. The van der Waals surface area contributed by atoms with E-state index < -0.39 is 0 Å². The van der Waals surface area contributed by atoms with Crippen molar-refractivity contribution in [1.29, 1.82) is 0 Å². The molecule has 1 saturated heterocycles. The summed E-state index contributed by atoms with van der Waals surface area (Å²) in [6.45, 7) is 4.91. The number of benzene rings is 3. The lowest BCUT2D eigenvalue weighted by Crippen LogP contribution is -2.46. The highest BCUT2D eigenvalue weighted by molar-refractivity contribution is 5.30. The zero-order chi connectivity index (χ0) is 21.6. The molecule has 0 spiro atoms. The minimum Gasteiger partial charge on any atom is -0.784 e. The molecule has 3 aromatic rings. The molecule has 0 amide bonds. The van der Waals surface area contributed by atoms with Crippen LogP contribution >= 0.6 is 0 Å². The van der Waals surface area contributed by atoms with Crippen molar-refractivity contribution in [3.8, 4) is 0 Å². The number of morpholine rings is 1. The molecular weight excluding hydrogens is 382 g/mol. The van der Waals surface area contributed by atoms with Crippen LogP contribution in [-0.4, -0.2) is 17.7 Å². The van der Waals surface area contributed by atoms with Crippen molar-refractivity contribution in [3.05, 3.63) is 112 Å². The molecule has 1 aliphatic heterocycles. The second-order valence-corrected chi connectivity index (χ2v) is 8.50. The number of hydrogen-bond acceptors (Lipinski definition) is 3. The summed E-state index contributed by atoms with van der Waals surface area (Å²) in [5, 5.41) is 15.0. The van der Waals surface area contributed by atoms with E-state index in [4.69, 9.17) is 4.74 Å². The van der Waals surface area contributed by atoms with Gasteiger partial charge in [0.05, 0.1) is 12.6 Å². The predicted molar refractivity (Wildman–Crippen MR) is 127 cm³/mol. The predicted octanol–water partition coefficient (Wildman–Crippen LogP) is 6.81. The molecule has 3 heteroatoms. The highest BCUT2D eigenvalue weighted by Crippen LogP contribution is 2.41. The highest BCUT2D eigenvalue weighted by Gasteiger charge is 2.35. The monoisotopic (exact) mass is 414 g/mol. The molecule has 3 nitrogen and oxygen atoms in total. The van der Waals surface area contributed by atoms with Gasteiger partial charge in [-0.25, -0.2) is 0 Å². The van der Waals surface area contributed by atoms with Gasteiger partial charge in [-0.3, -0.25) is 0 Å². The first-order valence-corrected chi connectivity index (χ1v) is 11.5. The van der Waals surface area contributed by atoms with Crippen LogP contribution in [0.25, 0.3) is 0 Å². The standard InChI is InChI=1S/C28H32NO2/c1-3-22(4-2)25-17-11-12-21(18-25)19-26-20-31-28(24-15-9-6-10-16-24)27(29(26)30)23-13-7-5-8-14-23/h5-18,22,26-28H,3-4,19-20H2,1-2H3/q-1. The highest BCUT2D eigenvalue weighted by atomic mass is 16.5. The van der Waals surface area contributed by atoms with Gasteiger partial charge >= 0.3 is 0 Å². The van der Waals surface area contributed by atoms with Crippen LogP contribution in [-0.2, 0) is 11.2 Å². The van der Waals surface area contributed by atoms with Gasteiger partial charge in [0.1, 0.15) is 6.10 Å². The van der Waals surface area contributed by atoms with Gasteiger partial charge in [0.2, 0.25) is 0 Å². The van der Waals surface area contributed by atoms with Gasteiger partial charge in [-0.2, -0.15) is 0 Å². The fourth-order valence-corrected chi connectivity index (χ4v) is 4.79. The van der Waals surface area contributed by atoms with E-state index in [0.29, 0.717) is 18.9 Å². The van der Waals surface area contributed by atoms with Crippen molar-refractivity contribution >= 4 is 0 Å². The number of hydrogen-bond donors (Lipinski definition) is 0. The maximum atomic E-state index is 13.7. The second kappa shape index (κ2) is 10.2. The van der Waals surface area contributed by atoms with Crippen LogP contribution in [0.15, 0.2) is 84.9 Å². The molecule has 0 radical (unpaired) electrons. The molecule has 31 heavy (non-hydrogen) atoms. The minimum atomic E-state index is -0.357. The van der Waals surface area contributed by atoms with Crippen molar-refractivity contribution in [2.24, 2.45) is 0 Å². The Labute approximate surface area is 186 Å². The first-order valence-electron chi connectivity index (χ1n) is 11.5. The summed E-state index contributed by atoms with van der Waals surface area (Å²) in [7, 11) is 0. The van der Waals surface area contributed by atoms with Crippen LogP contribution in [0.3, 0.4) is 0 Å². The Morgan fingerprint density at radius 1 is 0.871 bits per heavy atom. The number of ether oxygens (including phenoxy) is 1. The molecule has 0 aliphatic carbocycles. The fraction of sp³-hybridized carbons (Fsp3) is 0.357. The number of nitrogens with zero attached hydrogens (tertiary/aromatic N) is 1. The van der Waals surface area contributed by atoms with E-state index in [-0.39, 0.29) is 18.2 Å². The van der Waals surface area contributed by atoms with E-state index in [9.17, 15) is 5.21 Å². The van der Waals surface area contributed by atoms with E-state index in [1.807, 2.05) is 60.7 Å². The van der Waals surface area contributed by atoms with Crippen LogP contribution in [0.4, 0.5) is 0 Å². The van der Waals surface area contributed by atoms with Gasteiger partial charge in [0.15, 0.2) is 0 Å². The molecule has 0 bridgehead atoms. The van der Waals surface area contributed by atoms with Gasteiger partial charge in [-0.05, 0) is 47.4 Å². The molecule has 0 saturated carbocycles. The number of hydroxylamine groups is 2. The van der Waals surface area contributed by atoms with Gasteiger partial charge < -0.3 is 15.0 Å². The maximum Gasteiger partial charge on any atom is 0.101 e. The lowest BCUT2D eigenvalue weighted by atomic mass is 9.90. The normalized spacial score (nSPS) is 22.0. The van der Waals surface area contributed by atoms with Crippen molar-refractivity contribution < 1.29 is 4.74 Å². The van der Waals surface area contributed by atoms with Gasteiger partial charge in [-0.15, -0.1) is 0 Å². The molecule has 3 unspecified atom stereocenters. The Balaban J connectivity index is 1.59. The molecule has 0 N–H and O–H groups in total. The van der Waals surface area contributed by atoms with Gasteiger partial charge in [0, 0.05) is 6.04 Å². The molecule has 1 fully saturated rings. The Morgan fingerprint density at radius 2 is 1.52 bits per heavy atom. The molecule has 3 aromatic carbocycles. The minimum absolute atomic E-state index is 0.206. The first kappa shape index (κ1) is 21.8.